The lowest BCUT2D eigenvalue weighted by molar-refractivity contribution is -0.128. The molecule has 0 spiro atoms. The number of ether oxygens (including phenoxy) is 1. The summed E-state index contributed by atoms with van der Waals surface area (Å²) in [5.74, 6) is -0.489. The number of amides is 1. The topological polar surface area (TPSA) is 70.9 Å². The van der Waals surface area contributed by atoms with E-state index >= 15 is 4.39 Å². The Morgan fingerprint density at radius 2 is 1.95 bits per heavy atom. The number of carbonyl (C=O) groups excluding carboxylic acids is 1. The van der Waals surface area contributed by atoms with Gasteiger partial charge in [0.25, 0.3) is 0 Å². The molecule has 2 aromatic carbocycles. The summed E-state index contributed by atoms with van der Waals surface area (Å²) in [5, 5.41) is 0.759. The number of carbonyl (C=O) groups is 1. The first-order valence-electron chi connectivity index (χ1n) is 14.8. The summed E-state index contributed by atoms with van der Waals surface area (Å²) in [6.45, 7) is 13.5. The fourth-order valence-corrected chi connectivity index (χ4v) is 6.66. The van der Waals surface area contributed by atoms with E-state index < -0.39 is 11.6 Å². The third-order valence-electron chi connectivity index (χ3n) is 8.86. The van der Waals surface area contributed by atoms with Gasteiger partial charge in [-0.05, 0) is 69.6 Å². The van der Waals surface area contributed by atoms with Crippen LogP contribution in [0, 0.1) is 11.6 Å². The summed E-state index contributed by atoms with van der Waals surface area (Å²) >= 11 is 0. The van der Waals surface area contributed by atoms with Crippen LogP contribution >= 0.6 is 0 Å². The average molecular weight is 578 g/mol. The summed E-state index contributed by atoms with van der Waals surface area (Å²) in [6, 6.07) is 5.08. The van der Waals surface area contributed by atoms with E-state index in [0.29, 0.717) is 48.7 Å². The molecule has 3 aromatic rings. The molecule has 3 aliphatic rings. The van der Waals surface area contributed by atoms with Gasteiger partial charge in [-0.2, -0.15) is 4.98 Å². The summed E-state index contributed by atoms with van der Waals surface area (Å²) < 4.78 is 37.5. The molecule has 42 heavy (non-hydrogen) atoms. The lowest BCUT2D eigenvalue weighted by Crippen LogP contribution is -2.58. The number of nitrogens with zero attached hydrogens (tertiary/aromatic N) is 5. The first-order chi connectivity index (χ1) is 20.2. The van der Waals surface area contributed by atoms with Gasteiger partial charge in [-0.3, -0.25) is 9.36 Å². The average Bonchev–Trinajstić information content (AvgIpc) is 2.94. The molecule has 8 nitrogen and oxygen atoms in total. The standard InChI is InChI=1S/C32H37F2N5O3/c1-5-8-21-13-25-29-30(28(21)24-10-9-22(33)14-26(24)34)42-18-23(17-36-11-7-12-36)39(29)32(41)35-31(25)38-16-19(3)37(15-20(38)4)27(40)6-2/h6,9-10,13-14,19-20,23H,2,5,7-8,11-12,15-18H2,1,3-4H3/t19-,20+,23?/m1/s1. The van der Waals surface area contributed by atoms with Gasteiger partial charge in [0, 0.05) is 54.3 Å². The van der Waals surface area contributed by atoms with E-state index in [9.17, 15) is 14.0 Å². The number of benzene rings is 2. The molecule has 2 fully saturated rings. The zero-order chi connectivity index (χ0) is 29.7. The van der Waals surface area contributed by atoms with Crippen molar-refractivity contribution < 1.29 is 18.3 Å². The number of anilines is 1. The van der Waals surface area contributed by atoms with Crippen molar-refractivity contribution in [2.75, 3.05) is 44.2 Å². The van der Waals surface area contributed by atoms with Gasteiger partial charge >= 0.3 is 5.69 Å². The van der Waals surface area contributed by atoms with Crippen molar-refractivity contribution in [1.82, 2.24) is 19.4 Å². The van der Waals surface area contributed by atoms with Gasteiger partial charge in [-0.15, -0.1) is 0 Å². The minimum absolute atomic E-state index is 0.121. The molecule has 3 atom stereocenters. The van der Waals surface area contributed by atoms with Gasteiger partial charge in [0.05, 0.1) is 11.6 Å². The SMILES string of the molecule is C=CC(=O)N1C[C@H](C)N(c2nc(=O)n3c4c(c(-c5ccc(F)cc5F)c(CCC)cc24)OCC3CN2CCC2)C[C@H]1C. The Balaban J connectivity index is 1.59. The Morgan fingerprint density at radius 3 is 2.62 bits per heavy atom. The van der Waals surface area contributed by atoms with Gasteiger partial charge in [0.15, 0.2) is 5.75 Å². The molecule has 0 N–H and O–H groups in total. The molecule has 2 saturated heterocycles. The maximum absolute atomic E-state index is 15.3. The van der Waals surface area contributed by atoms with E-state index in [4.69, 9.17) is 9.72 Å². The van der Waals surface area contributed by atoms with Crippen molar-refractivity contribution in [1.29, 1.82) is 0 Å². The number of halogens is 2. The molecule has 4 heterocycles. The van der Waals surface area contributed by atoms with Crippen LogP contribution in [0.25, 0.3) is 22.0 Å². The van der Waals surface area contributed by atoms with Crippen LogP contribution in [0.5, 0.6) is 5.75 Å². The third kappa shape index (κ3) is 4.75. The third-order valence-corrected chi connectivity index (χ3v) is 8.86. The van der Waals surface area contributed by atoms with Gasteiger partial charge in [0.2, 0.25) is 5.91 Å². The molecular formula is C32H37F2N5O3. The minimum Gasteiger partial charge on any atom is -0.488 e. The van der Waals surface area contributed by atoms with E-state index in [0.717, 1.165) is 42.9 Å². The van der Waals surface area contributed by atoms with Crippen LogP contribution in [0.15, 0.2) is 41.7 Å². The quantitative estimate of drug-likeness (QED) is 0.384. The highest BCUT2D eigenvalue weighted by Gasteiger charge is 2.37. The molecule has 0 bridgehead atoms. The lowest BCUT2D eigenvalue weighted by Gasteiger charge is -2.45. The minimum atomic E-state index is -0.678. The number of hydrogen-bond acceptors (Lipinski definition) is 6. The maximum Gasteiger partial charge on any atom is 0.350 e. The summed E-state index contributed by atoms with van der Waals surface area (Å²) in [4.78, 5) is 37.3. The number of aryl methyl sites for hydroxylation is 1. The number of likely N-dealkylation sites (tertiary alicyclic amines) is 1. The molecule has 1 amide bonds. The van der Waals surface area contributed by atoms with Crippen LogP contribution in [0.3, 0.4) is 0 Å². The van der Waals surface area contributed by atoms with Gasteiger partial charge < -0.3 is 19.4 Å². The highest BCUT2D eigenvalue weighted by atomic mass is 19.1. The number of piperazine rings is 1. The Bertz CT molecular complexity index is 1620. The number of aromatic nitrogens is 2. The Hall–Kier alpha value is -3.79. The molecule has 0 radical (unpaired) electrons. The van der Waals surface area contributed by atoms with Crippen LogP contribution < -0.4 is 15.3 Å². The van der Waals surface area contributed by atoms with Crippen LogP contribution in [0.1, 0.15) is 45.2 Å². The predicted octanol–water partition coefficient (Wildman–Crippen LogP) is 4.55. The molecule has 222 valence electrons. The zero-order valence-electron chi connectivity index (χ0n) is 24.4. The van der Waals surface area contributed by atoms with Crippen LogP contribution in [0.2, 0.25) is 0 Å². The molecule has 1 unspecified atom stereocenters. The highest BCUT2D eigenvalue weighted by Crippen LogP contribution is 2.46. The van der Waals surface area contributed by atoms with Crippen molar-refractivity contribution in [2.24, 2.45) is 0 Å². The normalized spacial score (nSPS) is 22.2. The number of hydrogen-bond donors (Lipinski definition) is 0. The summed E-state index contributed by atoms with van der Waals surface area (Å²) in [6.07, 6.45) is 3.86. The van der Waals surface area contributed by atoms with Crippen LogP contribution in [0.4, 0.5) is 14.6 Å². The van der Waals surface area contributed by atoms with Crippen molar-refractivity contribution in [3.8, 4) is 16.9 Å². The highest BCUT2D eigenvalue weighted by molar-refractivity contribution is 6.01. The van der Waals surface area contributed by atoms with E-state index in [1.165, 1.54) is 18.2 Å². The van der Waals surface area contributed by atoms with E-state index in [1.807, 2.05) is 26.8 Å². The Morgan fingerprint density at radius 1 is 1.17 bits per heavy atom. The molecule has 6 rings (SSSR count). The Kier molecular flexibility index (Phi) is 7.51. The second kappa shape index (κ2) is 11.1. The first kappa shape index (κ1) is 28.3. The molecule has 0 saturated carbocycles. The molecule has 3 aliphatic heterocycles. The lowest BCUT2D eigenvalue weighted by atomic mass is 9.92. The van der Waals surface area contributed by atoms with Gasteiger partial charge in [-0.25, -0.2) is 13.6 Å². The molecule has 0 aliphatic carbocycles. The fraction of sp³-hybridized carbons (Fsp3) is 0.469. The largest absolute Gasteiger partial charge is 0.488 e. The number of rotatable bonds is 7. The summed E-state index contributed by atoms with van der Waals surface area (Å²) in [5.41, 5.74) is 1.85. The monoisotopic (exact) mass is 577 g/mol. The predicted molar refractivity (Wildman–Crippen MR) is 159 cm³/mol. The Labute approximate surface area is 244 Å². The smallest absolute Gasteiger partial charge is 0.350 e. The van der Waals surface area contributed by atoms with Crippen LogP contribution in [-0.4, -0.2) is 76.7 Å². The van der Waals surface area contributed by atoms with Crippen molar-refractivity contribution in [3.05, 3.63) is 64.6 Å². The van der Waals surface area contributed by atoms with Crippen molar-refractivity contribution in [2.45, 2.75) is 58.2 Å². The molecule has 1 aromatic heterocycles. The molecular weight excluding hydrogens is 540 g/mol. The van der Waals surface area contributed by atoms with E-state index in [1.54, 1.807) is 9.47 Å². The maximum atomic E-state index is 15.3. The van der Waals surface area contributed by atoms with Crippen molar-refractivity contribution in [3.63, 3.8) is 0 Å². The van der Waals surface area contributed by atoms with Gasteiger partial charge in [-0.1, -0.05) is 19.9 Å². The van der Waals surface area contributed by atoms with E-state index in [-0.39, 0.29) is 41.9 Å². The van der Waals surface area contributed by atoms with Gasteiger partial charge in [0.1, 0.15) is 24.1 Å². The van der Waals surface area contributed by atoms with E-state index in [2.05, 4.69) is 16.4 Å². The summed E-state index contributed by atoms with van der Waals surface area (Å²) in [7, 11) is 0. The second-order valence-corrected chi connectivity index (χ2v) is 11.8. The second-order valence-electron chi connectivity index (χ2n) is 11.8. The van der Waals surface area contributed by atoms with Crippen LogP contribution in [-0.2, 0) is 11.2 Å². The zero-order valence-corrected chi connectivity index (χ0v) is 24.4. The first-order valence-corrected chi connectivity index (χ1v) is 14.8. The molecule has 10 heteroatoms. The van der Waals surface area contributed by atoms with Crippen molar-refractivity contribution >= 4 is 22.6 Å². The fourth-order valence-electron chi connectivity index (χ4n) is 6.66.